The predicted octanol–water partition coefficient (Wildman–Crippen LogP) is 2.49. The van der Waals surface area contributed by atoms with E-state index in [1.54, 1.807) is 0 Å². The van der Waals surface area contributed by atoms with Crippen LogP contribution in [0.15, 0.2) is 0 Å². The molecule has 0 saturated carbocycles. The lowest BCUT2D eigenvalue weighted by Gasteiger charge is -2.38. The molecule has 15 heavy (non-hydrogen) atoms. The van der Waals surface area contributed by atoms with Crippen LogP contribution < -0.4 is 5.32 Å². The van der Waals surface area contributed by atoms with E-state index in [0.29, 0.717) is 0 Å². The van der Waals surface area contributed by atoms with Gasteiger partial charge in [0.05, 0.1) is 0 Å². The van der Waals surface area contributed by atoms with Crippen molar-refractivity contribution < 1.29 is 0 Å². The van der Waals surface area contributed by atoms with Gasteiger partial charge in [-0.25, -0.2) is 0 Å². The van der Waals surface area contributed by atoms with Crippen molar-refractivity contribution in [2.75, 3.05) is 19.6 Å². The lowest BCUT2D eigenvalue weighted by molar-refractivity contribution is 0.106. The first kappa shape index (κ1) is 13.0. The molecule has 0 aliphatic carbocycles. The highest BCUT2D eigenvalue weighted by molar-refractivity contribution is 4.85. The lowest BCUT2D eigenvalue weighted by atomic mass is 9.97. The van der Waals surface area contributed by atoms with Gasteiger partial charge in [0, 0.05) is 18.6 Å². The fraction of sp³-hybridized carbons (Fsp3) is 1.00. The first-order chi connectivity index (χ1) is 7.20. The number of nitrogens with zero attached hydrogens (tertiary/aromatic N) is 1. The fourth-order valence-electron chi connectivity index (χ4n) is 2.89. The van der Waals surface area contributed by atoms with Crippen LogP contribution in [-0.2, 0) is 0 Å². The van der Waals surface area contributed by atoms with Crippen molar-refractivity contribution in [3.05, 3.63) is 0 Å². The van der Waals surface area contributed by atoms with Crippen molar-refractivity contribution >= 4 is 0 Å². The first-order valence-electron chi connectivity index (χ1n) is 6.67. The molecular weight excluding hydrogens is 184 g/mol. The third kappa shape index (κ3) is 3.46. The van der Waals surface area contributed by atoms with Gasteiger partial charge in [-0.05, 0) is 38.3 Å². The second-order valence-corrected chi connectivity index (χ2v) is 5.10. The molecule has 90 valence electrons. The van der Waals surface area contributed by atoms with Gasteiger partial charge in [-0.2, -0.15) is 0 Å². The second-order valence-electron chi connectivity index (χ2n) is 5.10. The van der Waals surface area contributed by atoms with E-state index in [2.05, 4.69) is 37.9 Å². The third-order valence-electron chi connectivity index (χ3n) is 3.60. The van der Waals surface area contributed by atoms with Crippen LogP contribution in [0.5, 0.6) is 0 Å². The summed E-state index contributed by atoms with van der Waals surface area (Å²) < 4.78 is 0. The van der Waals surface area contributed by atoms with Gasteiger partial charge in [0.2, 0.25) is 0 Å². The SMILES string of the molecule is CCCN(C1CCNC1)C(CC)C(C)C. The van der Waals surface area contributed by atoms with Crippen LogP contribution >= 0.6 is 0 Å². The summed E-state index contributed by atoms with van der Waals surface area (Å²) in [7, 11) is 0. The van der Waals surface area contributed by atoms with E-state index in [4.69, 9.17) is 0 Å². The lowest BCUT2D eigenvalue weighted by Crippen LogP contribution is -2.46. The molecule has 2 unspecified atom stereocenters. The Bertz CT molecular complexity index is 162. The Morgan fingerprint density at radius 2 is 2.07 bits per heavy atom. The van der Waals surface area contributed by atoms with E-state index in [1.165, 1.54) is 38.9 Å². The van der Waals surface area contributed by atoms with Crippen LogP contribution in [0.1, 0.15) is 47.0 Å². The maximum atomic E-state index is 3.49. The Morgan fingerprint density at radius 3 is 2.47 bits per heavy atom. The van der Waals surface area contributed by atoms with E-state index < -0.39 is 0 Å². The van der Waals surface area contributed by atoms with Crippen molar-refractivity contribution in [3.8, 4) is 0 Å². The van der Waals surface area contributed by atoms with Gasteiger partial charge in [-0.3, -0.25) is 4.90 Å². The maximum absolute atomic E-state index is 3.49. The number of hydrogen-bond donors (Lipinski definition) is 1. The Labute approximate surface area is 95.4 Å². The number of hydrogen-bond acceptors (Lipinski definition) is 2. The molecule has 2 heteroatoms. The van der Waals surface area contributed by atoms with E-state index in [9.17, 15) is 0 Å². The quantitative estimate of drug-likeness (QED) is 0.728. The highest BCUT2D eigenvalue weighted by Gasteiger charge is 2.28. The molecule has 1 fully saturated rings. The highest BCUT2D eigenvalue weighted by atomic mass is 15.2. The Morgan fingerprint density at radius 1 is 1.33 bits per heavy atom. The molecule has 0 aromatic heterocycles. The molecule has 0 amide bonds. The summed E-state index contributed by atoms with van der Waals surface area (Å²) in [5.41, 5.74) is 0. The van der Waals surface area contributed by atoms with Gasteiger partial charge in [-0.1, -0.05) is 27.7 Å². The highest BCUT2D eigenvalue weighted by Crippen LogP contribution is 2.20. The second kappa shape index (κ2) is 6.49. The van der Waals surface area contributed by atoms with E-state index in [1.807, 2.05) is 0 Å². The van der Waals surface area contributed by atoms with Crippen molar-refractivity contribution in [1.29, 1.82) is 0 Å². The maximum Gasteiger partial charge on any atom is 0.0235 e. The largest absolute Gasteiger partial charge is 0.315 e. The molecule has 2 nitrogen and oxygen atoms in total. The minimum absolute atomic E-state index is 0.773. The molecule has 1 heterocycles. The summed E-state index contributed by atoms with van der Waals surface area (Å²) in [6.07, 6.45) is 3.90. The fourth-order valence-corrected chi connectivity index (χ4v) is 2.89. The molecule has 1 N–H and O–H groups in total. The van der Waals surface area contributed by atoms with Gasteiger partial charge in [0.15, 0.2) is 0 Å². The summed E-state index contributed by atoms with van der Waals surface area (Å²) in [5.74, 6) is 0.780. The van der Waals surface area contributed by atoms with Gasteiger partial charge in [0.25, 0.3) is 0 Å². The molecule has 0 spiro atoms. The van der Waals surface area contributed by atoms with Crippen molar-refractivity contribution in [2.24, 2.45) is 5.92 Å². The van der Waals surface area contributed by atoms with Crippen LogP contribution in [-0.4, -0.2) is 36.6 Å². The van der Waals surface area contributed by atoms with Crippen LogP contribution in [0, 0.1) is 5.92 Å². The van der Waals surface area contributed by atoms with Crippen LogP contribution in [0.2, 0.25) is 0 Å². The molecule has 1 saturated heterocycles. The molecule has 1 aliphatic rings. The molecule has 0 aromatic carbocycles. The van der Waals surface area contributed by atoms with E-state index in [0.717, 1.165) is 18.0 Å². The Hall–Kier alpha value is -0.0800. The summed E-state index contributed by atoms with van der Waals surface area (Å²) in [6, 6.07) is 1.56. The molecule has 0 radical (unpaired) electrons. The summed E-state index contributed by atoms with van der Waals surface area (Å²) in [4.78, 5) is 2.75. The van der Waals surface area contributed by atoms with Crippen LogP contribution in [0.25, 0.3) is 0 Å². The molecule has 1 aliphatic heterocycles. The normalized spacial score (nSPS) is 24.0. The Kier molecular flexibility index (Phi) is 5.62. The minimum Gasteiger partial charge on any atom is -0.315 e. The van der Waals surface area contributed by atoms with Crippen molar-refractivity contribution in [1.82, 2.24) is 10.2 Å². The Balaban J connectivity index is 2.60. The molecular formula is C13H28N2. The molecule has 1 rings (SSSR count). The summed E-state index contributed by atoms with van der Waals surface area (Å²) in [5, 5.41) is 3.49. The average molecular weight is 212 g/mol. The van der Waals surface area contributed by atoms with E-state index in [-0.39, 0.29) is 0 Å². The van der Waals surface area contributed by atoms with Crippen molar-refractivity contribution in [3.63, 3.8) is 0 Å². The molecule has 2 atom stereocenters. The minimum atomic E-state index is 0.773. The zero-order valence-electron chi connectivity index (χ0n) is 10.9. The number of nitrogens with one attached hydrogen (secondary N) is 1. The van der Waals surface area contributed by atoms with Gasteiger partial charge in [-0.15, -0.1) is 0 Å². The van der Waals surface area contributed by atoms with Crippen LogP contribution in [0.4, 0.5) is 0 Å². The topological polar surface area (TPSA) is 15.3 Å². The molecule has 0 aromatic rings. The smallest absolute Gasteiger partial charge is 0.0235 e. The summed E-state index contributed by atoms with van der Waals surface area (Å²) >= 11 is 0. The molecule has 0 bridgehead atoms. The van der Waals surface area contributed by atoms with Gasteiger partial charge in [0.1, 0.15) is 0 Å². The average Bonchev–Trinajstić information content (AvgIpc) is 2.69. The monoisotopic (exact) mass is 212 g/mol. The van der Waals surface area contributed by atoms with E-state index >= 15 is 0 Å². The zero-order chi connectivity index (χ0) is 11.3. The van der Waals surface area contributed by atoms with Gasteiger partial charge < -0.3 is 5.32 Å². The standard InChI is InChI=1S/C13H28N2/c1-5-9-15(12-7-8-14-10-12)13(6-2)11(3)4/h11-14H,5-10H2,1-4H3. The van der Waals surface area contributed by atoms with Crippen molar-refractivity contribution in [2.45, 2.75) is 59.0 Å². The van der Waals surface area contributed by atoms with Gasteiger partial charge >= 0.3 is 0 Å². The number of rotatable bonds is 6. The summed E-state index contributed by atoms with van der Waals surface area (Å²) in [6.45, 7) is 13.0. The van der Waals surface area contributed by atoms with Crippen LogP contribution in [0.3, 0.4) is 0 Å². The predicted molar refractivity (Wildman–Crippen MR) is 67.2 cm³/mol. The third-order valence-corrected chi connectivity index (χ3v) is 3.60. The zero-order valence-corrected chi connectivity index (χ0v) is 10.9. The first-order valence-corrected chi connectivity index (χ1v) is 6.67.